The molecular weight excluding hydrogens is 397 g/mol. The van der Waals surface area contributed by atoms with Crippen molar-refractivity contribution in [3.05, 3.63) is 59.9 Å². The number of carboxylic acid groups (broad SMARTS) is 1. The van der Waals surface area contributed by atoms with Gasteiger partial charge in [-0.15, -0.1) is 0 Å². The minimum absolute atomic E-state index is 0.0819. The van der Waals surface area contributed by atoms with Crippen LogP contribution in [0.2, 0.25) is 0 Å². The third-order valence-electron chi connectivity index (χ3n) is 3.66. The third kappa shape index (κ3) is 4.39. The van der Waals surface area contributed by atoms with E-state index in [1.165, 1.54) is 37.6 Å². The van der Waals surface area contributed by atoms with Gasteiger partial charge in [-0.05, 0) is 42.5 Å². The van der Waals surface area contributed by atoms with E-state index in [1.807, 2.05) is 0 Å². The van der Waals surface area contributed by atoms with Crippen molar-refractivity contribution in [2.75, 3.05) is 11.8 Å². The molecule has 2 aromatic carbocycles. The van der Waals surface area contributed by atoms with Crippen LogP contribution in [-0.2, 0) is 6.18 Å². The molecule has 28 heavy (non-hydrogen) atoms. The predicted octanol–water partition coefficient (Wildman–Crippen LogP) is 5.19. The standard InChI is InChI=1S/C18H13F3N2O4S/c1-26-14-8-11(17(24)25)4-7-13(14)23-28-15-9-27-16(22-15)10-2-5-12(6-3-10)18(19,20)21/h2-9,23H,1H3,(H,24,25). The Morgan fingerprint density at radius 2 is 1.93 bits per heavy atom. The highest BCUT2D eigenvalue weighted by Gasteiger charge is 2.30. The van der Waals surface area contributed by atoms with Gasteiger partial charge in [0.25, 0.3) is 0 Å². The van der Waals surface area contributed by atoms with Gasteiger partial charge >= 0.3 is 12.1 Å². The van der Waals surface area contributed by atoms with Crippen molar-refractivity contribution in [3.63, 3.8) is 0 Å². The van der Waals surface area contributed by atoms with Crippen molar-refractivity contribution in [2.24, 2.45) is 0 Å². The van der Waals surface area contributed by atoms with Crippen molar-refractivity contribution in [1.82, 2.24) is 4.98 Å². The van der Waals surface area contributed by atoms with Crippen LogP contribution in [0.15, 0.2) is 58.2 Å². The molecule has 0 aliphatic carbocycles. The van der Waals surface area contributed by atoms with Crippen LogP contribution in [0, 0.1) is 0 Å². The van der Waals surface area contributed by atoms with Crippen molar-refractivity contribution in [3.8, 4) is 17.2 Å². The van der Waals surface area contributed by atoms with Gasteiger partial charge in [0.15, 0.2) is 5.03 Å². The Kier molecular flexibility index (Phi) is 5.50. The normalized spacial score (nSPS) is 11.3. The van der Waals surface area contributed by atoms with Gasteiger partial charge in [-0.1, -0.05) is 0 Å². The fourth-order valence-electron chi connectivity index (χ4n) is 2.26. The zero-order valence-corrected chi connectivity index (χ0v) is 15.1. The molecule has 2 N–H and O–H groups in total. The van der Waals surface area contributed by atoms with Crippen LogP contribution in [0.3, 0.4) is 0 Å². The van der Waals surface area contributed by atoms with E-state index in [1.54, 1.807) is 6.07 Å². The smallest absolute Gasteiger partial charge is 0.416 e. The predicted molar refractivity (Wildman–Crippen MR) is 96.4 cm³/mol. The van der Waals surface area contributed by atoms with Gasteiger partial charge in [-0.3, -0.25) is 0 Å². The van der Waals surface area contributed by atoms with E-state index in [4.69, 9.17) is 14.3 Å². The number of nitrogens with zero attached hydrogens (tertiary/aromatic N) is 1. The summed E-state index contributed by atoms with van der Waals surface area (Å²) in [4.78, 5) is 15.2. The number of nitrogens with one attached hydrogen (secondary N) is 1. The molecule has 0 bridgehead atoms. The Labute approximate surface area is 161 Å². The Hall–Kier alpha value is -3.14. The number of halogens is 3. The quantitative estimate of drug-likeness (QED) is 0.541. The van der Waals surface area contributed by atoms with Crippen molar-refractivity contribution >= 4 is 23.6 Å². The summed E-state index contributed by atoms with van der Waals surface area (Å²) in [5.74, 6) is -0.569. The molecule has 146 valence electrons. The topological polar surface area (TPSA) is 84.6 Å². The highest BCUT2D eigenvalue weighted by Crippen LogP contribution is 2.33. The maximum Gasteiger partial charge on any atom is 0.416 e. The van der Waals surface area contributed by atoms with Gasteiger partial charge in [-0.25, -0.2) is 9.78 Å². The number of alkyl halides is 3. The Morgan fingerprint density at radius 1 is 1.21 bits per heavy atom. The number of benzene rings is 2. The Morgan fingerprint density at radius 3 is 2.54 bits per heavy atom. The number of carboxylic acids is 1. The first-order chi connectivity index (χ1) is 13.3. The van der Waals surface area contributed by atoms with E-state index in [0.717, 1.165) is 24.1 Å². The summed E-state index contributed by atoms with van der Waals surface area (Å²) in [6.07, 6.45) is -3.06. The first kappa shape index (κ1) is 19.6. The molecule has 0 fully saturated rings. The highest BCUT2D eigenvalue weighted by molar-refractivity contribution is 8.00. The van der Waals surface area contributed by atoms with Crippen molar-refractivity contribution in [1.29, 1.82) is 0 Å². The molecule has 0 unspecified atom stereocenters. The Balaban J connectivity index is 1.71. The number of anilines is 1. The maximum atomic E-state index is 12.6. The van der Waals surface area contributed by atoms with Gasteiger partial charge in [-0.2, -0.15) is 13.2 Å². The highest BCUT2D eigenvalue weighted by atomic mass is 32.2. The molecule has 1 aromatic heterocycles. The molecule has 0 saturated heterocycles. The van der Waals surface area contributed by atoms with Crippen LogP contribution in [0.25, 0.3) is 11.5 Å². The van der Waals surface area contributed by atoms with Gasteiger partial charge < -0.3 is 19.0 Å². The van der Waals surface area contributed by atoms with E-state index in [2.05, 4.69) is 9.71 Å². The number of rotatable bonds is 6. The zero-order valence-electron chi connectivity index (χ0n) is 14.3. The molecule has 0 radical (unpaired) electrons. The third-order valence-corrected chi connectivity index (χ3v) is 4.37. The number of hydrogen-bond acceptors (Lipinski definition) is 6. The summed E-state index contributed by atoms with van der Waals surface area (Å²) in [6, 6.07) is 8.82. The lowest BCUT2D eigenvalue weighted by Crippen LogP contribution is -2.03. The second-order valence-electron chi connectivity index (χ2n) is 5.49. The number of carbonyl (C=O) groups is 1. The summed E-state index contributed by atoms with van der Waals surface area (Å²) in [5.41, 5.74) is 0.259. The fraction of sp³-hybridized carbons (Fsp3) is 0.111. The minimum atomic E-state index is -4.41. The van der Waals surface area contributed by atoms with Crippen molar-refractivity contribution in [2.45, 2.75) is 11.2 Å². The van der Waals surface area contributed by atoms with Crippen molar-refractivity contribution < 1.29 is 32.2 Å². The second-order valence-corrected chi connectivity index (χ2v) is 6.32. The second kappa shape index (κ2) is 7.85. The lowest BCUT2D eigenvalue weighted by molar-refractivity contribution is -0.137. The Bertz CT molecular complexity index is 987. The monoisotopic (exact) mass is 410 g/mol. The fourth-order valence-corrected chi connectivity index (χ4v) is 2.86. The molecule has 3 rings (SSSR count). The number of oxazole rings is 1. The molecular formula is C18H13F3N2O4S. The molecule has 0 atom stereocenters. The molecule has 0 spiro atoms. The first-order valence-electron chi connectivity index (χ1n) is 7.75. The molecule has 1 heterocycles. The zero-order chi connectivity index (χ0) is 20.3. The molecule has 3 aromatic rings. The van der Waals surface area contributed by atoms with Crippen LogP contribution in [0.5, 0.6) is 5.75 Å². The molecule has 0 aliphatic heterocycles. The summed E-state index contributed by atoms with van der Waals surface area (Å²) in [7, 11) is 1.41. The average Bonchev–Trinajstić information content (AvgIpc) is 3.14. The molecule has 0 amide bonds. The van der Waals surface area contributed by atoms with Crippen LogP contribution in [0.4, 0.5) is 18.9 Å². The summed E-state index contributed by atoms with van der Waals surface area (Å²) >= 11 is 1.08. The minimum Gasteiger partial charge on any atom is -0.495 e. The van der Waals surface area contributed by atoms with Gasteiger partial charge in [0.05, 0.1) is 23.9 Å². The summed E-state index contributed by atoms with van der Waals surface area (Å²) in [5, 5.41) is 9.44. The van der Waals surface area contributed by atoms with E-state index < -0.39 is 17.7 Å². The lowest BCUT2D eigenvalue weighted by Gasteiger charge is -2.09. The van der Waals surface area contributed by atoms with Gasteiger partial charge in [0.2, 0.25) is 5.89 Å². The van der Waals surface area contributed by atoms with E-state index in [-0.39, 0.29) is 11.5 Å². The summed E-state index contributed by atoms with van der Waals surface area (Å²) < 4.78 is 51.3. The molecule has 0 saturated carbocycles. The van der Waals surface area contributed by atoms with Crippen LogP contribution in [-0.4, -0.2) is 23.2 Å². The molecule has 6 nitrogen and oxygen atoms in total. The number of aromatic carboxylic acids is 1. The molecule has 0 aliphatic rings. The summed E-state index contributed by atoms with van der Waals surface area (Å²) in [6.45, 7) is 0. The van der Waals surface area contributed by atoms with Crippen LogP contribution in [0.1, 0.15) is 15.9 Å². The van der Waals surface area contributed by atoms with Crippen LogP contribution >= 0.6 is 11.9 Å². The maximum absolute atomic E-state index is 12.6. The van der Waals surface area contributed by atoms with Crippen LogP contribution < -0.4 is 9.46 Å². The van der Waals surface area contributed by atoms with E-state index >= 15 is 0 Å². The lowest BCUT2D eigenvalue weighted by atomic mass is 10.1. The number of hydrogen-bond donors (Lipinski definition) is 2. The molecule has 10 heteroatoms. The largest absolute Gasteiger partial charge is 0.495 e. The SMILES string of the molecule is COc1cc(C(=O)O)ccc1NSc1coc(-c2ccc(C(F)(F)F)cc2)n1. The van der Waals surface area contributed by atoms with Gasteiger partial charge in [0.1, 0.15) is 12.0 Å². The first-order valence-corrected chi connectivity index (χ1v) is 8.57. The number of aromatic nitrogens is 1. The average molecular weight is 410 g/mol. The number of ether oxygens (including phenoxy) is 1. The number of methoxy groups -OCH3 is 1. The van der Waals surface area contributed by atoms with E-state index in [0.29, 0.717) is 22.0 Å². The van der Waals surface area contributed by atoms with Gasteiger partial charge in [0, 0.05) is 17.5 Å². The van der Waals surface area contributed by atoms with E-state index in [9.17, 15) is 18.0 Å².